The lowest BCUT2D eigenvalue weighted by Gasteiger charge is -2.38. The molecular weight excluding hydrogens is 281 g/mol. The number of alkyl halides is 3. The summed E-state index contributed by atoms with van der Waals surface area (Å²) in [5, 5.41) is 7.45. The number of nitrogens with one attached hydrogen (secondary N) is 1. The number of nitrogens with two attached hydrogens (primary N) is 1. The molecule has 0 amide bonds. The second kappa shape index (κ2) is 5.93. The van der Waals surface area contributed by atoms with E-state index >= 15 is 0 Å². The van der Waals surface area contributed by atoms with Gasteiger partial charge in [-0.3, -0.25) is 10.3 Å². The van der Waals surface area contributed by atoms with Crippen molar-refractivity contribution < 1.29 is 13.2 Å². The van der Waals surface area contributed by atoms with E-state index in [4.69, 9.17) is 11.1 Å². The Bertz CT molecular complexity index is 507. The van der Waals surface area contributed by atoms with Crippen molar-refractivity contribution in [2.45, 2.75) is 19.1 Å². The fourth-order valence-electron chi connectivity index (χ4n) is 2.44. The van der Waals surface area contributed by atoms with Gasteiger partial charge in [-0.1, -0.05) is 6.07 Å². The summed E-state index contributed by atoms with van der Waals surface area (Å²) in [5.74, 6) is 0.113. The van der Waals surface area contributed by atoms with Gasteiger partial charge >= 0.3 is 6.18 Å². The van der Waals surface area contributed by atoms with E-state index in [2.05, 4.69) is 4.90 Å². The molecule has 0 spiro atoms. The molecule has 1 aromatic rings. The third-order valence-electron chi connectivity index (χ3n) is 3.85. The van der Waals surface area contributed by atoms with Crippen LogP contribution in [-0.4, -0.2) is 43.0 Å². The van der Waals surface area contributed by atoms with Crippen LogP contribution in [0, 0.1) is 5.41 Å². The fraction of sp³-hybridized carbons (Fsp3) is 0.500. The van der Waals surface area contributed by atoms with Crippen LogP contribution in [0.15, 0.2) is 24.3 Å². The zero-order valence-electron chi connectivity index (χ0n) is 11.8. The van der Waals surface area contributed by atoms with E-state index in [-0.39, 0.29) is 11.9 Å². The van der Waals surface area contributed by atoms with Crippen LogP contribution in [0.2, 0.25) is 0 Å². The minimum Gasteiger partial charge on any atom is -0.386 e. The standard InChI is InChI=1S/C14H19F3N4/c1-10(13(18)19)20-5-7-21(8-6-20)12-4-2-3-11(9-12)14(15,16)17/h2-4,9-10H,5-8H2,1H3,(H3,18,19). The molecule has 0 aliphatic carbocycles. The zero-order chi connectivity index (χ0) is 15.6. The Morgan fingerprint density at radius 2 is 1.86 bits per heavy atom. The summed E-state index contributed by atoms with van der Waals surface area (Å²) in [5.41, 5.74) is 5.44. The van der Waals surface area contributed by atoms with Crippen LogP contribution < -0.4 is 10.6 Å². The molecule has 1 atom stereocenters. The molecule has 1 saturated heterocycles. The van der Waals surface area contributed by atoms with E-state index in [1.54, 1.807) is 6.07 Å². The van der Waals surface area contributed by atoms with Gasteiger partial charge in [0.1, 0.15) is 5.84 Å². The summed E-state index contributed by atoms with van der Waals surface area (Å²) in [7, 11) is 0. The van der Waals surface area contributed by atoms with E-state index in [0.29, 0.717) is 31.9 Å². The van der Waals surface area contributed by atoms with Crippen LogP contribution >= 0.6 is 0 Å². The predicted molar refractivity (Wildman–Crippen MR) is 76.6 cm³/mol. The molecule has 1 aliphatic rings. The topological polar surface area (TPSA) is 56.4 Å². The molecule has 7 heteroatoms. The first-order valence-electron chi connectivity index (χ1n) is 6.79. The normalized spacial score (nSPS) is 18.6. The Kier molecular flexibility index (Phi) is 4.41. The molecule has 0 radical (unpaired) electrons. The quantitative estimate of drug-likeness (QED) is 0.664. The molecule has 0 saturated carbocycles. The van der Waals surface area contributed by atoms with Crippen molar-refractivity contribution in [3.63, 3.8) is 0 Å². The van der Waals surface area contributed by atoms with Gasteiger partial charge in [0.05, 0.1) is 11.6 Å². The third kappa shape index (κ3) is 3.66. The van der Waals surface area contributed by atoms with Crippen LogP contribution in [0.1, 0.15) is 12.5 Å². The van der Waals surface area contributed by atoms with Gasteiger partial charge in [-0.15, -0.1) is 0 Å². The third-order valence-corrected chi connectivity index (χ3v) is 3.85. The second-order valence-electron chi connectivity index (χ2n) is 5.20. The molecule has 2 rings (SSSR count). The van der Waals surface area contributed by atoms with Gasteiger partial charge in [0.15, 0.2) is 0 Å². The smallest absolute Gasteiger partial charge is 0.386 e. The highest BCUT2D eigenvalue weighted by Crippen LogP contribution is 2.31. The molecular formula is C14H19F3N4. The van der Waals surface area contributed by atoms with Crippen molar-refractivity contribution in [2.75, 3.05) is 31.1 Å². The van der Waals surface area contributed by atoms with E-state index in [0.717, 1.165) is 6.07 Å². The van der Waals surface area contributed by atoms with Gasteiger partial charge < -0.3 is 10.6 Å². The number of anilines is 1. The molecule has 21 heavy (non-hydrogen) atoms. The Morgan fingerprint density at radius 3 is 2.38 bits per heavy atom. The van der Waals surface area contributed by atoms with Crippen LogP contribution in [-0.2, 0) is 6.18 Å². The summed E-state index contributed by atoms with van der Waals surface area (Å²) in [6, 6.07) is 5.26. The van der Waals surface area contributed by atoms with Crippen molar-refractivity contribution in [3.05, 3.63) is 29.8 Å². The van der Waals surface area contributed by atoms with Gasteiger partial charge in [-0.2, -0.15) is 13.2 Å². The summed E-state index contributed by atoms with van der Waals surface area (Å²) in [4.78, 5) is 3.99. The van der Waals surface area contributed by atoms with Crippen LogP contribution in [0.3, 0.4) is 0 Å². The highest BCUT2D eigenvalue weighted by atomic mass is 19.4. The predicted octanol–water partition coefficient (Wildman–Crippen LogP) is 2.15. The van der Waals surface area contributed by atoms with Gasteiger partial charge in [0.2, 0.25) is 0 Å². The molecule has 0 aromatic heterocycles. The maximum Gasteiger partial charge on any atom is 0.416 e. The number of nitrogens with zero attached hydrogens (tertiary/aromatic N) is 2. The number of rotatable bonds is 3. The van der Waals surface area contributed by atoms with Crippen LogP contribution in [0.4, 0.5) is 18.9 Å². The molecule has 1 aliphatic heterocycles. The number of hydrogen-bond acceptors (Lipinski definition) is 3. The van der Waals surface area contributed by atoms with Crippen LogP contribution in [0.5, 0.6) is 0 Å². The minimum absolute atomic E-state index is 0.113. The maximum absolute atomic E-state index is 12.7. The lowest BCUT2D eigenvalue weighted by molar-refractivity contribution is -0.137. The van der Waals surface area contributed by atoms with E-state index in [1.807, 2.05) is 11.8 Å². The molecule has 116 valence electrons. The molecule has 0 bridgehead atoms. The maximum atomic E-state index is 12.7. The van der Waals surface area contributed by atoms with E-state index in [1.165, 1.54) is 12.1 Å². The Labute approximate surface area is 121 Å². The highest BCUT2D eigenvalue weighted by molar-refractivity contribution is 5.82. The molecule has 1 fully saturated rings. The second-order valence-corrected chi connectivity index (χ2v) is 5.20. The van der Waals surface area contributed by atoms with Crippen LogP contribution in [0.25, 0.3) is 0 Å². The highest BCUT2D eigenvalue weighted by Gasteiger charge is 2.31. The zero-order valence-corrected chi connectivity index (χ0v) is 11.8. The SMILES string of the molecule is CC(C(=N)N)N1CCN(c2cccc(C(F)(F)F)c2)CC1. The monoisotopic (exact) mass is 300 g/mol. The average molecular weight is 300 g/mol. The van der Waals surface area contributed by atoms with Gasteiger partial charge in [0.25, 0.3) is 0 Å². The molecule has 4 nitrogen and oxygen atoms in total. The van der Waals surface area contributed by atoms with E-state index in [9.17, 15) is 13.2 Å². The first-order chi connectivity index (χ1) is 9.79. The number of halogens is 3. The molecule has 1 unspecified atom stereocenters. The Hall–Kier alpha value is -1.76. The Balaban J connectivity index is 2.04. The number of amidine groups is 1. The van der Waals surface area contributed by atoms with Gasteiger partial charge in [-0.05, 0) is 25.1 Å². The first kappa shape index (κ1) is 15.6. The molecule has 3 N–H and O–H groups in total. The lowest BCUT2D eigenvalue weighted by Crippen LogP contribution is -2.53. The Morgan fingerprint density at radius 1 is 1.24 bits per heavy atom. The number of hydrogen-bond donors (Lipinski definition) is 2. The van der Waals surface area contributed by atoms with Gasteiger partial charge in [0, 0.05) is 31.9 Å². The number of benzene rings is 1. The summed E-state index contributed by atoms with van der Waals surface area (Å²) >= 11 is 0. The van der Waals surface area contributed by atoms with Crippen molar-refractivity contribution in [1.29, 1.82) is 5.41 Å². The molecule has 1 aromatic carbocycles. The van der Waals surface area contributed by atoms with Crippen molar-refractivity contribution >= 4 is 11.5 Å². The number of piperazine rings is 1. The van der Waals surface area contributed by atoms with Crippen molar-refractivity contribution in [2.24, 2.45) is 5.73 Å². The summed E-state index contributed by atoms with van der Waals surface area (Å²) in [6.45, 7) is 4.47. The lowest BCUT2D eigenvalue weighted by atomic mass is 10.1. The summed E-state index contributed by atoms with van der Waals surface area (Å²) < 4.78 is 38.2. The first-order valence-corrected chi connectivity index (χ1v) is 6.79. The molecule has 1 heterocycles. The minimum atomic E-state index is -4.32. The largest absolute Gasteiger partial charge is 0.416 e. The van der Waals surface area contributed by atoms with E-state index < -0.39 is 11.7 Å². The fourth-order valence-corrected chi connectivity index (χ4v) is 2.44. The van der Waals surface area contributed by atoms with Gasteiger partial charge in [-0.25, -0.2) is 0 Å². The van der Waals surface area contributed by atoms with Crippen molar-refractivity contribution in [3.8, 4) is 0 Å². The summed E-state index contributed by atoms with van der Waals surface area (Å²) in [6.07, 6.45) is -4.32. The average Bonchev–Trinajstić information content (AvgIpc) is 2.46. The van der Waals surface area contributed by atoms with Crippen molar-refractivity contribution in [1.82, 2.24) is 4.90 Å².